The maximum atomic E-state index is 14.7. The number of nitrogens with one attached hydrogen (secondary N) is 4. The van der Waals surface area contributed by atoms with Gasteiger partial charge in [0.05, 0.1) is 25.5 Å². The number of likely N-dealkylation sites (tertiary alicyclic amines) is 1. The van der Waals surface area contributed by atoms with Gasteiger partial charge in [-0.2, -0.15) is 13.8 Å². The lowest BCUT2D eigenvalue weighted by atomic mass is 9.95. The molecule has 0 spiro atoms. The van der Waals surface area contributed by atoms with E-state index >= 15 is 0 Å². The molecule has 1 aliphatic carbocycles. The van der Waals surface area contributed by atoms with Crippen LogP contribution in [-0.2, 0) is 14.4 Å². The van der Waals surface area contributed by atoms with Crippen LogP contribution in [0.3, 0.4) is 0 Å². The Morgan fingerprint density at radius 2 is 1.76 bits per heavy atom. The van der Waals surface area contributed by atoms with E-state index < -0.39 is 24.4 Å². The van der Waals surface area contributed by atoms with Crippen molar-refractivity contribution in [1.82, 2.24) is 25.5 Å². The fourth-order valence-electron chi connectivity index (χ4n) is 8.82. The monoisotopic (exact) mass is 800 g/mol. The van der Waals surface area contributed by atoms with Gasteiger partial charge in [0.2, 0.25) is 17.8 Å². The van der Waals surface area contributed by atoms with E-state index in [0.29, 0.717) is 47.6 Å². The summed E-state index contributed by atoms with van der Waals surface area (Å²) in [4.78, 5) is 65.5. The second-order valence-corrected chi connectivity index (χ2v) is 16.4. The minimum absolute atomic E-state index is 0.125. The Labute approximate surface area is 335 Å². The zero-order valence-corrected chi connectivity index (χ0v) is 33.1. The van der Waals surface area contributed by atoms with Crippen LogP contribution in [0.5, 0.6) is 5.75 Å². The molecule has 4 amide bonds. The number of methoxy groups -OCH3 is 1. The van der Waals surface area contributed by atoms with E-state index in [0.717, 1.165) is 56.2 Å². The van der Waals surface area contributed by atoms with Gasteiger partial charge in [-0.05, 0) is 93.3 Å². The second kappa shape index (κ2) is 15.6. The Morgan fingerprint density at radius 1 is 1.03 bits per heavy atom. The van der Waals surface area contributed by atoms with Crippen LogP contribution in [0.25, 0.3) is 0 Å². The number of alkyl halides is 2. The maximum absolute atomic E-state index is 14.7. The highest BCUT2D eigenvalue weighted by Crippen LogP contribution is 2.46. The first kappa shape index (κ1) is 39.3. The molecule has 4 N–H and O–H groups in total. The summed E-state index contributed by atoms with van der Waals surface area (Å²) in [5, 5.41) is 12.0. The standard InChI is InChI=1S/C41H50F2N10O5/c1-23(2)53-22-41(42,43)39(57)50(3)32-18-44-40(49-36(32)53)46-30-10-5-25(17-33(30)58-4)37(55)48-35-28-20-51(21-29(28)35)19-24-13-15-52(16-14-24)27-8-6-26(7-9-27)45-31-11-12-34(54)47-38(31)56/h5-10,17-18,23-24,28-29,31,35,45H,11-16,19-22H2,1-4H3,(H,48,55)(H,44,46,49)(H,47,54,56)/t28-,29+,31?,35?. The number of benzene rings is 2. The van der Waals surface area contributed by atoms with Crippen molar-refractivity contribution in [1.29, 1.82) is 0 Å². The Kier molecular flexibility index (Phi) is 10.6. The van der Waals surface area contributed by atoms with Crippen LogP contribution in [0.4, 0.5) is 43.3 Å². The van der Waals surface area contributed by atoms with Gasteiger partial charge >= 0.3 is 5.92 Å². The summed E-state index contributed by atoms with van der Waals surface area (Å²) in [6, 6.07) is 12.6. The molecule has 1 aromatic heterocycles. The molecular formula is C41H50F2N10O5. The molecule has 308 valence electrons. The van der Waals surface area contributed by atoms with E-state index in [1.165, 1.54) is 30.9 Å². The lowest BCUT2D eigenvalue weighted by Gasteiger charge is -2.35. The quantitative estimate of drug-likeness (QED) is 0.208. The molecule has 8 rings (SSSR count). The van der Waals surface area contributed by atoms with E-state index in [4.69, 9.17) is 4.74 Å². The molecule has 3 aromatic rings. The predicted octanol–water partition coefficient (Wildman–Crippen LogP) is 3.85. The molecular weight excluding hydrogens is 751 g/mol. The highest BCUT2D eigenvalue weighted by Gasteiger charge is 2.56. The first-order valence-electron chi connectivity index (χ1n) is 20.0. The topological polar surface area (TPSA) is 164 Å². The number of aromatic nitrogens is 2. The number of carbonyl (C=O) groups excluding carboxylic acids is 4. The Morgan fingerprint density at radius 3 is 2.43 bits per heavy atom. The minimum atomic E-state index is -3.59. The lowest BCUT2D eigenvalue weighted by molar-refractivity contribution is -0.140. The second-order valence-electron chi connectivity index (χ2n) is 16.4. The van der Waals surface area contributed by atoms with Crippen LogP contribution in [-0.4, -0.2) is 116 Å². The van der Waals surface area contributed by atoms with Crippen molar-refractivity contribution >= 4 is 58.1 Å². The molecule has 2 unspecified atom stereocenters. The number of amides is 4. The molecule has 58 heavy (non-hydrogen) atoms. The van der Waals surface area contributed by atoms with Gasteiger partial charge < -0.3 is 40.3 Å². The Hall–Kier alpha value is -5.58. The minimum Gasteiger partial charge on any atom is -0.495 e. The van der Waals surface area contributed by atoms with Crippen molar-refractivity contribution in [2.75, 3.05) is 78.8 Å². The average molecular weight is 801 g/mol. The number of hydrogen-bond acceptors (Lipinski definition) is 12. The van der Waals surface area contributed by atoms with Gasteiger partial charge in [-0.25, -0.2) is 4.98 Å². The number of carbonyl (C=O) groups is 4. The number of piperidine rings is 3. The number of fused-ring (bicyclic) bond motifs is 2. The number of halogens is 2. The van der Waals surface area contributed by atoms with E-state index in [1.807, 2.05) is 12.1 Å². The van der Waals surface area contributed by atoms with Crippen molar-refractivity contribution in [2.24, 2.45) is 17.8 Å². The highest BCUT2D eigenvalue weighted by atomic mass is 19.3. The predicted molar refractivity (Wildman–Crippen MR) is 215 cm³/mol. The van der Waals surface area contributed by atoms with Gasteiger partial charge in [0, 0.05) is 75.2 Å². The first-order valence-corrected chi connectivity index (χ1v) is 20.0. The zero-order valence-electron chi connectivity index (χ0n) is 33.1. The molecule has 2 aromatic carbocycles. The van der Waals surface area contributed by atoms with Gasteiger partial charge in [0.25, 0.3) is 11.8 Å². The van der Waals surface area contributed by atoms with Crippen LogP contribution in [0.1, 0.15) is 49.9 Å². The van der Waals surface area contributed by atoms with Crippen molar-refractivity contribution < 1.29 is 32.7 Å². The van der Waals surface area contributed by atoms with Crippen LogP contribution in [0.2, 0.25) is 0 Å². The van der Waals surface area contributed by atoms with E-state index in [-0.39, 0.29) is 47.3 Å². The summed E-state index contributed by atoms with van der Waals surface area (Å²) in [6.07, 6.45) is 4.41. The normalized spacial score (nSPS) is 24.5. The fraction of sp³-hybridized carbons (Fsp3) is 0.512. The zero-order chi connectivity index (χ0) is 40.9. The summed E-state index contributed by atoms with van der Waals surface area (Å²) in [5.41, 5.74) is 3.15. The summed E-state index contributed by atoms with van der Waals surface area (Å²) in [5.74, 6) is -3.38. The molecule has 4 fully saturated rings. The largest absolute Gasteiger partial charge is 0.495 e. The summed E-state index contributed by atoms with van der Waals surface area (Å²) in [6.45, 7) is 7.68. The smallest absolute Gasteiger partial charge is 0.342 e. The van der Waals surface area contributed by atoms with Crippen LogP contribution >= 0.6 is 0 Å². The molecule has 4 aliphatic heterocycles. The van der Waals surface area contributed by atoms with Gasteiger partial charge in [0.15, 0.2) is 5.82 Å². The number of nitrogens with zero attached hydrogens (tertiary/aromatic N) is 6. The third-order valence-corrected chi connectivity index (χ3v) is 12.2. The van der Waals surface area contributed by atoms with Crippen molar-refractivity contribution in [2.45, 2.75) is 63.6 Å². The average Bonchev–Trinajstić information content (AvgIpc) is 3.66. The molecule has 0 radical (unpaired) electrons. The molecule has 0 bridgehead atoms. The molecule has 15 nitrogen and oxygen atoms in total. The third kappa shape index (κ3) is 7.95. The van der Waals surface area contributed by atoms with Crippen LogP contribution < -0.4 is 40.7 Å². The Bertz CT molecular complexity index is 2070. The van der Waals surface area contributed by atoms with Crippen molar-refractivity contribution in [3.8, 4) is 5.75 Å². The molecule has 5 heterocycles. The lowest BCUT2D eigenvalue weighted by Crippen LogP contribution is -2.47. The summed E-state index contributed by atoms with van der Waals surface area (Å²) < 4.78 is 35.1. The molecule has 5 aliphatic rings. The van der Waals surface area contributed by atoms with Gasteiger partial charge in [-0.15, -0.1) is 0 Å². The third-order valence-electron chi connectivity index (χ3n) is 12.2. The molecule has 4 atom stereocenters. The van der Waals surface area contributed by atoms with Crippen LogP contribution in [0.15, 0.2) is 48.7 Å². The SMILES string of the molecule is COc1cc(C(=O)NC2[C@H]3CN(CC4CCN(c5ccc(NC6CCC(=O)NC6=O)cc5)CC4)C[C@@H]23)ccc1Nc1ncc2c(n1)N(C(C)C)CC(F)(F)C(=O)N2C. The van der Waals surface area contributed by atoms with Crippen molar-refractivity contribution in [3.63, 3.8) is 0 Å². The van der Waals surface area contributed by atoms with E-state index in [2.05, 4.69) is 53.2 Å². The Balaban J connectivity index is 0.801. The van der Waals surface area contributed by atoms with Gasteiger partial charge in [-0.1, -0.05) is 0 Å². The molecule has 1 saturated carbocycles. The van der Waals surface area contributed by atoms with E-state index in [1.54, 1.807) is 32.0 Å². The molecule has 3 saturated heterocycles. The summed E-state index contributed by atoms with van der Waals surface area (Å²) in [7, 11) is 2.78. The van der Waals surface area contributed by atoms with Gasteiger partial charge in [0.1, 0.15) is 17.5 Å². The number of hydrogen-bond donors (Lipinski definition) is 4. The van der Waals surface area contributed by atoms with Crippen LogP contribution in [0, 0.1) is 17.8 Å². The number of rotatable bonds is 11. The first-order chi connectivity index (χ1) is 27.8. The number of anilines is 6. The number of ether oxygens (including phenoxy) is 1. The van der Waals surface area contributed by atoms with Gasteiger partial charge in [-0.3, -0.25) is 24.5 Å². The fourth-order valence-corrected chi connectivity index (χ4v) is 8.82. The summed E-state index contributed by atoms with van der Waals surface area (Å²) >= 11 is 0. The van der Waals surface area contributed by atoms with E-state index in [9.17, 15) is 28.0 Å². The van der Waals surface area contributed by atoms with Crippen molar-refractivity contribution in [3.05, 3.63) is 54.2 Å². The molecule has 17 heteroatoms. The number of imide groups is 1. The highest BCUT2D eigenvalue weighted by molar-refractivity contribution is 6.02. The maximum Gasteiger partial charge on any atom is 0.342 e.